The van der Waals surface area contributed by atoms with E-state index in [4.69, 9.17) is 0 Å². The molecule has 1 saturated carbocycles. The van der Waals surface area contributed by atoms with Crippen LogP contribution in [0.1, 0.15) is 66.1 Å². The maximum atomic E-state index is 12.1. The molecule has 0 spiro atoms. The summed E-state index contributed by atoms with van der Waals surface area (Å²) in [7, 11) is 3.59. The molecule has 0 bridgehead atoms. The fourth-order valence-corrected chi connectivity index (χ4v) is 4.87. The lowest BCUT2D eigenvalue weighted by atomic mass is 9.80. The van der Waals surface area contributed by atoms with Gasteiger partial charge in [-0.05, 0) is 66.1 Å². The Morgan fingerprint density at radius 3 is 2.47 bits per heavy atom. The molecule has 2 unspecified atom stereocenters. The minimum Gasteiger partial charge on any atom is -0.345 e. The summed E-state index contributed by atoms with van der Waals surface area (Å²) in [5.41, 5.74) is 3.50. The Kier molecular flexibility index (Phi) is 6.19. The lowest BCUT2D eigenvalue weighted by Gasteiger charge is -2.32. The molecule has 0 heterocycles. The van der Waals surface area contributed by atoms with E-state index in [1.165, 1.54) is 41.2 Å². The summed E-state index contributed by atoms with van der Waals surface area (Å²) in [5, 5.41) is 6.56. The number of carbonyl (C=O) groups is 1. The van der Waals surface area contributed by atoms with Crippen molar-refractivity contribution in [2.24, 2.45) is 0 Å². The molecular formula is C27H32N2O. The molecule has 156 valence electrons. The van der Waals surface area contributed by atoms with E-state index >= 15 is 0 Å². The zero-order valence-electron chi connectivity index (χ0n) is 18.3. The van der Waals surface area contributed by atoms with Gasteiger partial charge in [-0.25, -0.2) is 0 Å². The summed E-state index contributed by atoms with van der Waals surface area (Å²) in [5.74, 6) is 0.619. The van der Waals surface area contributed by atoms with Crippen LogP contribution in [0.15, 0.2) is 66.7 Å². The summed E-state index contributed by atoms with van der Waals surface area (Å²) in [4.78, 5) is 13.8. The minimum absolute atomic E-state index is 0.0636. The Labute approximate surface area is 180 Å². The Morgan fingerprint density at radius 1 is 0.967 bits per heavy atom. The molecule has 3 aromatic rings. The van der Waals surface area contributed by atoms with Gasteiger partial charge in [0.05, 0.1) is 0 Å². The number of fused-ring (bicyclic) bond motifs is 1. The van der Waals surface area contributed by atoms with Gasteiger partial charge in [0, 0.05) is 31.7 Å². The van der Waals surface area contributed by atoms with Crippen molar-refractivity contribution in [2.45, 2.75) is 50.6 Å². The molecule has 0 saturated heterocycles. The molecule has 1 amide bonds. The standard InChI is InChI=1S/C27H32N2O/c1-19(25-13-7-9-21-8-4-5-12-26(21)25)28-24-11-6-10-23(18-24)20-14-16-22(17-15-20)27(30)29(2)3/h4-5,7-9,12-17,19,23-24,28H,6,10-11,18H2,1-3H3/t19-,23?,24?/m1/s1. The van der Waals surface area contributed by atoms with Crippen LogP contribution in [0.5, 0.6) is 0 Å². The van der Waals surface area contributed by atoms with Gasteiger partial charge in [0.15, 0.2) is 0 Å². The van der Waals surface area contributed by atoms with Gasteiger partial charge in [0.2, 0.25) is 0 Å². The average molecular weight is 401 g/mol. The van der Waals surface area contributed by atoms with Gasteiger partial charge >= 0.3 is 0 Å². The van der Waals surface area contributed by atoms with Crippen molar-refractivity contribution in [1.29, 1.82) is 0 Å². The summed E-state index contributed by atoms with van der Waals surface area (Å²) in [6, 6.07) is 24.3. The first-order valence-corrected chi connectivity index (χ1v) is 11.1. The molecule has 0 aliphatic heterocycles. The molecule has 3 aromatic carbocycles. The highest BCUT2D eigenvalue weighted by atomic mass is 16.2. The van der Waals surface area contributed by atoms with Gasteiger partial charge in [0.25, 0.3) is 5.91 Å². The van der Waals surface area contributed by atoms with Gasteiger partial charge in [-0.1, -0.05) is 61.0 Å². The molecule has 3 nitrogen and oxygen atoms in total. The second-order valence-electron chi connectivity index (χ2n) is 8.84. The molecule has 0 aromatic heterocycles. The maximum Gasteiger partial charge on any atom is 0.253 e. The van der Waals surface area contributed by atoms with Crippen LogP contribution in [0.2, 0.25) is 0 Å². The van der Waals surface area contributed by atoms with Crippen LogP contribution in [0.3, 0.4) is 0 Å². The quantitative estimate of drug-likeness (QED) is 0.577. The van der Waals surface area contributed by atoms with E-state index in [2.05, 4.69) is 66.8 Å². The first-order chi connectivity index (χ1) is 14.5. The third-order valence-corrected chi connectivity index (χ3v) is 6.48. The molecule has 3 heteroatoms. The molecule has 1 aliphatic rings. The molecule has 1 N–H and O–H groups in total. The maximum absolute atomic E-state index is 12.1. The number of hydrogen-bond acceptors (Lipinski definition) is 2. The minimum atomic E-state index is 0.0636. The second kappa shape index (κ2) is 9.01. The van der Waals surface area contributed by atoms with Crippen LogP contribution in [0.25, 0.3) is 10.8 Å². The average Bonchev–Trinajstić information content (AvgIpc) is 2.78. The zero-order chi connectivity index (χ0) is 21.1. The number of benzene rings is 3. The van der Waals surface area contributed by atoms with Crippen molar-refractivity contribution < 1.29 is 4.79 Å². The first-order valence-electron chi connectivity index (χ1n) is 11.1. The van der Waals surface area contributed by atoms with E-state index in [1.807, 2.05) is 12.1 Å². The van der Waals surface area contributed by atoms with Crippen LogP contribution in [0.4, 0.5) is 0 Å². The fourth-order valence-electron chi connectivity index (χ4n) is 4.87. The van der Waals surface area contributed by atoms with Crippen LogP contribution in [-0.4, -0.2) is 30.9 Å². The van der Waals surface area contributed by atoms with Gasteiger partial charge in [0.1, 0.15) is 0 Å². The van der Waals surface area contributed by atoms with E-state index in [1.54, 1.807) is 19.0 Å². The summed E-state index contributed by atoms with van der Waals surface area (Å²) < 4.78 is 0. The number of carbonyl (C=O) groups excluding carboxylic acids is 1. The highest BCUT2D eigenvalue weighted by Gasteiger charge is 2.25. The van der Waals surface area contributed by atoms with Crippen molar-refractivity contribution in [3.63, 3.8) is 0 Å². The first kappa shape index (κ1) is 20.6. The van der Waals surface area contributed by atoms with Crippen LogP contribution >= 0.6 is 0 Å². The van der Waals surface area contributed by atoms with E-state index in [-0.39, 0.29) is 5.91 Å². The predicted octanol–water partition coefficient (Wildman–Crippen LogP) is 5.92. The summed E-state index contributed by atoms with van der Waals surface area (Å²) in [6.45, 7) is 2.28. The Bertz CT molecular complexity index is 1000. The molecule has 0 radical (unpaired) electrons. The normalized spacial score (nSPS) is 20.1. The highest BCUT2D eigenvalue weighted by Crippen LogP contribution is 2.34. The van der Waals surface area contributed by atoms with Gasteiger partial charge in [-0.2, -0.15) is 0 Å². The molecule has 30 heavy (non-hydrogen) atoms. The van der Waals surface area contributed by atoms with Gasteiger partial charge < -0.3 is 10.2 Å². The van der Waals surface area contributed by atoms with Crippen LogP contribution in [0, 0.1) is 0 Å². The number of hydrogen-bond donors (Lipinski definition) is 1. The fraction of sp³-hybridized carbons (Fsp3) is 0.370. The van der Waals surface area contributed by atoms with Gasteiger partial charge in [-0.3, -0.25) is 4.79 Å². The SMILES string of the molecule is C[C@@H](NC1CCCC(c2ccc(C(=O)N(C)C)cc2)C1)c1cccc2ccccc12. The lowest BCUT2D eigenvalue weighted by molar-refractivity contribution is 0.0827. The zero-order valence-corrected chi connectivity index (χ0v) is 18.3. The molecule has 3 atom stereocenters. The number of amides is 1. The third-order valence-electron chi connectivity index (χ3n) is 6.48. The smallest absolute Gasteiger partial charge is 0.253 e. The Morgan fingerprint density at radius 2 is 1.70 bits per heavy atom. The van der Waals surface area contributed by atoms with Crippen LogP contribution < -0.4 is 5.32 Å². The van der Waals surface area contributed by atoms with Crippen molar-refractivity contribution in [1.82, 2.24) is 10.2 Å². The van der Waals surface area contributed by atoms with E-state index in [9.17, 15) is 4.79 Å². The molecule has 1 fully saturated rings. The largest absolute Gasteiger partial charge is 0.345 e. The Hall–Kier alpha value is -2.65. The third kappa shape index (κ3) is 4.41. The summed E-state index contributed by atoms with van der Waals surface area (Å²) >= 11 is 0. The molecule has 1 aliphatic carbocycles. The van der Waals surface area contributed by atoms with E-state index in [0.717, 1.165) is 12.0 Å². The number of rotatable bonds is 5. The monoisotopic (exact) mass is 400 g/mol. The second-order valence-corrected chi connectivity index (χ2v) is 8.84. The topological polar surface area (TPSA) is 32.3 Å². The summed E-state index contributed by atoms with van der Waals surface area (Å²) in [6.07, 6.45) is 4.84. The van der Waals surface area contributed by atoms with Gasteiger partial charge in [-0.15, -0.1) is 0 Å². The van der Waals surface area contributed by atoms with Crippen molar-refractivity contribution in [2.75, 3.05) is 14.1 Å². The molecular weight excluding hydrogens is 368 g/mol. The van der Waals surface area contributed by atoms with Crippen LogP contribution in [-0.2, 0) is 0 Å². The van der Waals surface area contributed by atoms with E-state index in [0.29, 0.717) is 18.0 Å². The molecule has 4 rings (SSSR count). The van der Waals surface area contributed by atoms with Crippen molar-refractivity contribution >= 4 is 16.7 Å². The van der Waals surface area contributed by atoms with Crippen molar-refractivity contribution in [3.8, 4) is 0 Å². The number of nitrogens with one attached hydrogen (secondary N) is 1. The lowest BCUT2D eigenvalue weighted by Crippen LogP contribution is -2.35. The number of nitrogens with zero attached hydrogens (tertiary/aromatic N) is 1. The highest BCUT2D eigenvalue weighted by molar-refractivity contribution is 5.93. The Balaban J connectivity index is 1.44. The van der Waals surface area contributed by atoms with Crippen molar-refractivity contribution in [3.05, 3.63) is 83.4 Å². The van der Waals surface area contributed by atoms with E-state index < -0.39 is 0 Å². The predicted molar refractivity (Wildman–Crippen MR) is 125 cm³/mol.